The van der Waals surface area contributed by atoms with E-state index in [1.165, 1.54) is 25.8 Å². The molecule has 4 rings (SSSR count). The topological polar surface area (TPSA) is 81.1 Å². The van der Waals surface area contributed by atoms with Crippen molar-refractivity contribution in [1.82, 2.24) is 9.88 Å². The number of carboxylic acid groups (broad SMARTS) is 1. The van der Waals surface area contributed by atoms with Gasteiger partial charge in [0.1, 0.15) is 0 Å². The van der Waals surface area contributed by atoms with Gasteiger partial charge in [-0.3, -0.25) is 4.90 Å². The number of alkyl halides is 3. The summed E-state index contributed by atoms with van der Waals surface area (Å²) in [4.78, 5) is 15.8. The molecule has 0 spiro atoms. The maximum Gasteiger partial charge on any atom is 0.490 e. The number of hydrogen-bond acceptors (Lipinski definition) is 6. The Bertz CT molecular complexity index is 685. The number of hydrogen-bond donors (Lipinski definition) is 1. The lowest BCUT2D eigenvalue weighted by molar-refractivity contribution is -0.192. The number of nitrogens with zero attached hydrogens (tertiary/aromatic N) is 2. The summed E-state index contributed by atoms with van der Waals surface area (Å²) in [5.41, 5.74) is 0. The van der Waals surface area contributed by atoms with Crippen LogP contribution < -0.4 is 4.74 Å². The number of morpholine rings is 1. The molecule has 0 radical (unpaired) electrons. The van der Waals surface area contributed by atoms with Gasteiger partial charge in [-0.15, -0.1) is 0 Å². The zero-order valence-corrected chi connectivity index (χ0v) is 17.3. The minimum absolute atomic E-state index is 0.385. The minimum atomic E-state index is -5.08. The van der Waals surface area contributed by atoms with Gasteiger partial charge in [-0.25, -0.2) is 9.78 Å². The molecule has 1 unspecified atom stereocenters. The van der Waals surface area contributed by atoms with E-state index in [-0.39, 0.29) is 0 Å². The standard InChI is InChI=1S/C19H28N2O3.C2HF3O2/c1-2-6-20-19(3-1)24-14-16-11-17-18(12-16)23-10-7-21(17)13-15-4-8-22-9-5-15;3-2(4,5)1(6)7/h1-3,6,15-18H,4-5,7-14H2;(H,6,7)/t16?,17-,18-;/m1./s1. The van der Waals surface area contributed by atoms with E-state index >= 15 is 0 Å². The molecule has 2 aliphatic heterocycles. The van der Waals surface area contributed by atoms with E-state index in [1.807, 2.05) is 18.2 Å². The van der Waals surface area contributed by atoms with Gasteiger partial charge in [0.2, 0.25) is 5.88 Å². The molecule has 174 valence electrons. The van der Waals surface area contributed by atoms with Crippen LogP contribution in [0, 0.1) is 11.8 Å². The lowest BCUT2D eigenvalue weighted by Gasteiger charge is -2.40. The fourth-order valence-corrected chi connectivity index (χ4v) is 4.38. The van der Waals surface area contributed by atoms with Crippen molar-refractivity contribution in [1.29, 1.82) is 0 Å². The van der Waals surface area contributed by atoms with E-state index in [0.717, 1.165) is 51.2 Å². The van der Waals surface area contributed by atoms with Gasteiger partial charge in [0.05, 0.1) is 19.3 Å². The first-order valence-corrected chi connectivity index (χ1v) is 10.6. The Kier molecular flexibility index (Phi) is 8.50. The number of ether oxygens (including phenoxy) is 3. The van der Waals surface area contributed by atoms with E-state index in [2.05, 4.69) is 9.88 Å². The fraction of sp³-hybridized carbons (Fsp3) is 0.714. The van der Waals surface area contributed by atoms with E-state index in [9.17, 15) is 13.2 Å². The average Bonchev–Trinajstić information content (AvgIpc) is 3.18. The van der Waals surface area contributed by atoms with Crippen LogP contribution in [0.1, 0.15) is 25.7 Å². The van der Waals surface area contributed by atoms with Crippen LogP contribution in [0.2, 0.25) is 0 Å². The molecule has 3 heterocycles. The maximum atomic E-state index is 10.6. The Morgan fingerprint density at radius 1 is 1.19 bits per heavy atom. The Labute approximate surface area is 179 Å². The second kappa shape index (κ2) is 11.1. The van der Waals surface area contributed by atoms with Crippen molar-refractivity contribution in [2.75, 3.05) is 39.5 Å². The van der Waals surface area contributed by atoms with Crippen molar-refractivity contribution in [3.63, 3.8) is 0 Å². The van der Waals surface area contributed by atoms with Crippen molar-refractivity contribution in [3.8, 4) is 5.88 Å². The summed E-state index contributed by atoms with van der Waals surface area (Å²) in [5, 5.41) is 7.12. The van der Waals surface area contributed by atoms with Crippen molar-refractivity contribution in [2.45, 2.75) is 44.0 Å². The van der Waals surface area contributed by atoms with Crippen LogP contribution in [0.15, 0.2) is 24.4 Å². The van der Waals surface area contributed by atoms with Crippen LogP contribution in [-0.2, 0) is 14.3 Å². The fourth-order valence-electron chi connectivity index (χ4n) is 4.38. The number of carboxylic acids is 1. The highest BCUT2D eigenvalue weighted by molar-refractivity contribution is 5.73. The number of fused-ring (bicyclic) bond motifs is 1. The number of aliphatic carboxylic acids is 1. The third kappa shape index (κ3) is 7.33. The van der Waals surface area contributed by atoms with Gasteiger partial charge in [0.15, 0.2) is 0 Å². The van der Waals surface area contributed by atoms with Crippen LogP contribution in [-0.4, -0.2) is 78.8 Å². The summed E-state index contributed by atoms with van der Waals surface area (Å²) in [7, 11) is 0. The third-order valence-electron chi connectivity index (χ3n) is 5.93. The lowest BCUT2D eigenvalue weighted by atomic mass is 9.98. The molecule has 1 N–H and O–H groups in total. The van der Waals surface area contributed by atoms with Crippen LogP contribution in [0.5, 0.6) is 5.88 Å². The van der Waals surface area contributed by atoms with Gasteiger partial charge in [-0.05, 0) is 43.6 Å². The molecule has 1 aliphatic carbocycles. The van der Waals surface area contributed by atoms with Gasteiger partial charge < -0.3 is 19.3 Å². The molecule has 1 saturated carbocycles. The molecular formula is C21H29F3N2O5. The number of pyridine rings is 1. The molecule has 1 aromatic rings. The largest absolute Gasteiger partial charge is 0.490 e. The van der Waals surface area contributed by atoms with Crippen molar-refractivity contribution in [2.24, 2.45) is 11.8 Å². The smallest absolute Gasteiger partial charge is 0.477 e. The summed E-state index contributed by atoms with van der Waals surface area (Å²) in [5.74, 6) is -0.668. The third-order valence-corrected chi connectivity index (χ3v) is 5.93. The molecule has 31 heavy (non-hydrogen) atoms. The Morgan fingerprint density at radius 3 is 2.58 bits per heavy atom. The predicted molar refractivity (Wildman–Crippen MR) is 105 cm³/mol. The summed E-state index contributed by atoms with van der Waals surface area (Å²) in [6.45, 7) is 5.78. The van der Waals surface area contributed by atoms with Gasteiger partial charge >= 0.3 is 12.1 Å². The van der Waals surface area contributed by atoms with Gasteiger partial charge in [-0.2, -0.15) is 13.2 Å². The molecule has 2 saturated heterocycles. The molecular weight excluding hydrogens is 417 g/mol. The molecule has 3 atom stereocenters. The zero-order valence-electron chi connectivity index (χ0n) is 17.3. The molecule has 0 bridgehead atoms. The normalized spacial score (nSPS) is 27.1. The van der Waals surface area contributed by atoms with E-state index in [0.29, 0.717) is 18.1 Å². The molecule has 3 aliphatic rings. The molecule has 1 aromatic heterocycles. The summed E-state index contributed by atoms with van der Waals surface area (Å²) in [6, 6.07) is 6.38. The second-order valence-electron chi connectivity index (χ2n) is 8.15. The molecule has 7 nitrogen and oxygen atoms in total. The molecule has 3 fully saturated rings. The highest BCUT2D eigenvalue weighted by Crippen LogP contribution is 2.35. The minimum Gasteiger partial charge on any atom is -0.477 e. The highest BCUT2D eigenvalue weighted by Gasteiger charge is 2.42. The summed E-state index contributed by atoms with van der Waals surface area (Å²) < 4.78 is 49.2. The number of carbonyl (C=O) groups is 1. The van der Waals surface area contributed by atoms with Gasteiger partial charge in [-0.1, -0.05) is 6.07 Å². The Morgan fingerprint density at radius 2 is 1.94 bits per heavy atom. The Balaban J connectivity index is 0.000000339. The summed E-state index contributed by atoms with van der Waals surface area (Å²) in [6.07, 6.45) is 1.79. The molecule has 0 aromatic carbocycles. The maximum absolute atomic E-state index is 10.6. The van der Waals surface area contributed by atoms with Crippen LogP contribution in [0.3, 0.4) is 0 Å². The molecule has 10 heteroatoms. The van der Waals surface area contributed by atoms with Crippen LogP contribution >= 0.6 is 0 Å². The average molecular weight is 446 g/mol. The van der Waals surface area contributed by atoms with E-state index in [4.69, 9.17) is 24.1 Å². The van der Waals surface area contributed by atoms with Crippen LogP contribution in [0.25, 0.3) is 0 Å². The van der Waals surface area contributed by atoms with E-state index in [1.54, 1.807) is 6.20 Å². The number of halogens is 3. The first kappa shape index (κ1) is 23.7. The SMILES string of the molecule is O=C(O)C(F)(F)F.c1ccc(OCC2C[C@@H]3[C@@H](C2)OCCN3CC2CCOCC2)nc1. The summed E-state index contributed by atoms with van der Waals surface area (Å²) >= 11 is 0. The zero-order chi connectivity index (χ0) is 22.3. The Hall–Kier alpha value is -1.91. The van der Waals surface area contributed by atoms with E-state index < -0.39 is 12.1 Å². The highest BCUT2D eigenvalue weighted by atomic mass is 19.4. The van der Waals surface area contributed by atoms with Crippen LogP contribution in [0.4, 0.5) is 13.2 Å². The van der Waals surface area contributed by atoms with Crippen molar-refractivity contribution in [3.05, 3.63) is 24.4 Å². The first-order chi connectivity index (χ1) is 14.8. The quantitative estimate of drug-likeness (QED) is 0.745. The second-order valence-corrected chi connectivity index (χ2v) is 8.15. The molecule has 0 amide bonds. The first-order valence-electron chi connectivity index (χ1n) is 10.6. The lowest BCUT2D eigenvalue weighted by Crippen LogP contribution is -2.50. The number of aromatic nitrogens is 1. The van der Waals surface area contributed by atoms with Gasteiger partial charge in [0.25, 0.3) is 0 Å². The van der Waals surface area contributed by atoms with Crippen molar-refractivity contribution >= 4 is 5.97 Å². The monoisotopic (exact) mass is 446 g/mol. The van der Waals surface area contributed by atoms with Gasteiger partial charge in [0, 0.05) is 44.6 Å². The number of rotatable bonds is 5. The van der Waals surface area contributed by atoms with Crippen molar-refractivity contribution < 1.29 is 37.3 Å². The predicted octanol–water partition coefficient (Wildman–Crippen LogP) is 3.00.